The summed E-state index contributed by atoms with van der Waals surface area (Å²) >= 11 is 0. The van der Waals surface area contributed by atoms with E-state index < -0.39 is 0 Å². The third kappa shape index (κ3) is 3.79. The highest BCUT2D eigenvalue weighted by Crippen LogP contribution is 2.40. The predicted molar refractivity (Wildman–Crippen MR) is 121 cm³/mol. The summed E-state index contributed by atoms with van der Waals surface area (Å²) in [6.07, 6.45) is 1.51. The molecule has 1 saturated heterocycles. The standard InChI is InChI=1S/C27H25NO3/c1-18(29)23-14-20(13-19-5-3-2-4-6-19)15-25-24-17-22(8-7-21(24)16-26(23)25)27(30)28-9-11-31-12-10-28/h2-8,14-15,17H,9-13,16H2,1H3. The summed E-state index contributed by atoms with van der Waals surface area (Å²) in [6.45, 7) is 4.07. The fraction of sp³-hybridized carbons (Fsp3) is 0.259. The Hall–Kier alpha value is -3.24. The lowest BCUT2D eigenvalue weighted by atomic mass is 9.93. The zero-order valence-corrected chi connectivity index (χ0v) is 17.7. The summed E-state index contributed by atoms with van der Waals surface area (Å²) < 4.78 is 5.38. The van der Waals surface area contributed by atoms with Gasteiger partial charge in [0, 0.05) is 24.2 Å². The van der Waals surface area contributed by atoms with Crippen molar-refractivity contribution in [2.45, 2.75) is 19.8 Å². The van der Waals surface area contributed by atoms with Gasteiger partial charge in [0.05, 0.1) is 13.2 Å². The molecule has 1 aliphatic carbocycles. The van der Waals surface area contributed by atoms with Crippen LogP contribution in [0.5, 0.6) is 0 Å². The molecule has 0 unspecified atom stereocenters. The molecular weight excluding hydrogens is 386 g/mol. The molecule has 4 heteroatoms. The van der Waals surface area contributed by atoms with Gasteiger partial charge < -0.3 is 9.64 Å². The van der Waals surface area contributed by atoms with E-state index in [0.717, 1.165) is 40.7 Å². The number of hydrogen-bond donors (Lipinski definition) is 0. The molecule has 2 aliphatic rings. The normalized spacial score (nSPS) is 14.8. The number of rotatable bonds is 4. The van der Waals surface area contributed by atoms with Crippen LogP contribution in [-0.2, 0) is 17.6 Å². The number of benzene rings is 3. The molecule has 1 aliphatic heterocycles. The molecule has 1 amide bonds. The van der Waals surface area contributed by atoms with Gasteiger partial charge in [-0.3, -0.25) is 9.59 Å². The molecule has 31 heavy (non-hydrogen) atoms. The Morgan fingerprint density at radius 1 is 0.903 bits per heavy atom. The van der Waals surface area contributed by atoms with Gasteiger partial charge in [-0.05, 0) is 71.3 Å². The van der Waals surface area contributed by atoms with Gasteiger partial charge in [-0.2, -0.15) is 0 Å². The van der Waals surface area contributed by atoms with E-state index in [-0.39, 0.29) is 11.7 Å². The second-order valence-corrected chi connectivity index (χ2v) is 8.34. The van der Waals surface area contributed by atoms with E-state index in [9.17, 15) is 9.59 Å². The molecule has 3 aromatic rings. The topological polar surface area (TPSA) is 46.6 Å². The Bertz CT molecular complexity index is 1160. The lowest BCUT2D eigenvalue weighted by molar-refractivity contribution is 0.0303. The van der Waals surface area contributed by atoms with Gasteiger partial charge in [0.2, 0.25) is 0 Å². The van der Waals surface area contributed by atoms with Gasteiger partial charge >= 0.3 is 0 Å². The smallest absolute Gasteiger partial charge is 0.254 e. The molecule has 0 aromatic heterocycles. The van der Waals surface area contributed by atoms with Crippen molar-refractivity contribution in [3.05, 3.63) is 94.0 Å². The van der Waals surface area contributed by atoms with Crippen LogP contribution >= 0.6 is 0 Å². The molecule has 3 aromatic carbocycles. The number of carbonyl (C=O) groups excluding carboxylic acids is 2. The zero-order valence-electron chi connectivity index (χ0n) is 17.7. The first-order chi connectivity index (χ1) is 15.1. The number of ketones is 1. The monoisotopic (exact) mass is 411 g/mol. The Labute approximate surface area is 182 Å². The second-order valence-electron chi connectivity index (χ2n) is 8.34. The largest absolute Gasteiger partial charge is 0.378 e. The Balaban J connectivity index is 1.54. The van der Waals surface area contributed by atoms with Crippen molar-refractivity contribution < 1.29 is 14.3 Å². The Kier molecular flexibility index (Phi) is 5.16. The lowest BCUT2D eigenvalue weighted by Gasteiger charge is -2.27. The van der Waals surface area contributed by atoms with Crippen LogP contribution < -0.4 is 0 Å². The van der Waals surface area contributed by atoms with E-state index in [2.05, 4.69) is 18.2 Å². The molecule has 4 nitrogen and oxygen atoms in total. The summed E-state index contributed by atoms with van der Waals surface area (Å²) in [4.78, 5) is 27.3. The number of nitrogens with zero attached hydrogens (tertiary/aromatic N) is 1. The maximum absolute atomic E-state index is 13.0. The molecule has 0 saturated carbocycles. The van der Waals surface area contributed by atoms with Crippen LogP contribution in [0.1, 0.15) is 49.9 Å². The van der Waals surface area contributed by atoms with E-state index in [4.69, 9.17) is 4.74 Å². The van der Waals surface area contributed by atoms with Crippen molar-refractivity contribution in [3.63, 3.8) is 0 Å². The van der Waals surface area contributed by atoms with E-state index in [1.165, 1.54) is 11.1 Å². The fourth-order valence-corrected chi connectivity index (χ4v) is 4.66. The van der Waals surface area contributed by atoms with E-state index in [1.54, 1.807) is 6.92 Å². The molecule has 5 rings (SSSR count). The number of fused-ring (bicyclic) bond motifs is 3. The van der Waals surface area contributed by atoms with E-state index in [0.29, 0.717) is 31.9 Å². The molecule has 0 spiro atoms. The van der Waals surface area contributed by atoms with Crippen LogP contribution in [0.4, 0.5) is 0 Å². The SMILES string of the molecule is CC(=O)c1cc(Cc2ccccc2)cc2c1Cc1ccc(C(=O)N3CCOCC3)cc1-2. The van der Waals surface area contributed by atoms with Crippen LogP contribution in [0.2, 0.25) is 0 Å². The number of Topliss-reactive ketones (excluding diaryl/α,β-unsaturated/α-hetero) is 1. The van der Waals surface area contributed by atoms with Gasteiger partial charge in [-0.25, -0.2) is 0 Å². The Morgan fingerprint density at radius 2 is 1.68 bits per heavy atom. The van der Waals surface area contributed by atoms with Gasteiger partial charge in [0.15, 0.2) is 5.78 Å². The number of hydrogen-bond acceptors (Lipinski definition) is 3. The highest BCUT2D eigenvalue weighted by Gasteiger charge is 2.26. The van der Waals surface area contributed by atoms with Crippen LogP contribution in [0.15, 0.2) is 60.7 Å². The second kappa shape index (κ2) is 8.12. The highest BCUT2D eigenvalue weighted by molar-refractivity contribution is 6.01. The van der Waals surface area contributed by atoms with Crippen LogP contribution in [0.3, 0.4) is 0 Å². The maximum atomic E-state index is 13.0. The van der Waals surface area contributed by atoms with Crippen molar-refractivity contribution >= 4 is 11.7 Å². The fourth-order valence-electron chi connectivity index (χ4n) is 4.66. The summed E-state index contributed by atoms with van der Waals surface area (Å²) in [7, 11) is 0. The molecule has 1 heterocycles. The number of amides is 1. The first-order valence-corrected chi connectivity index (χ1v) is 10.8. The summed E-state index contributed by atoms with van der Waals surface area (Å²) in [5.41, 5.74) is 8.24. The van der Waals surface area contributed by atoms with Crippen molar-refractivity contribution in [3.8, 4) is 11.1 Å². The predicted octanol–water partition coefficient (Wildman–Crippen LogP) is 4.52. The van der Waals surface area contributed by atoms with Crippen LogP contribution in [0, 0.1) is 0 Å². The average Bonchev–Trinajstić information content (AvgIpc) is 3.17. The molecule has 0 radical (unpaired) electrons. The van der Waals surface area contributed by atoms with Gasteiger partial charge in [-0.15, -0.1) is 0 Å². The average molecular weight is 412 g/mol. The highest BCUT2D eigenvalue weighted by atomic mass is 16.5. The minimum absolute atomic E-state index is 0.0479. The minimum Gasteiger partial charge on any atom is -0.378 e. The van der Waals surface area contributed by atoms with Crippen molar-refractivity contribution in [1.82, 2.24) is 4.90 Å². The van der Waals surface area contributed by atoms with Crippen LogP contribution in [-0.4, -0.2) is 42.9 Å². The van der Waals surface area contributed by atoms with E-state index in [1.807, 2.05) is 47.4 Å². The van der Waals surface area contributed by atoms with Gasteiger partial charge in [0.25, 0.3) is 5.91 Å². The Morgan fingerprint density at radius 3 is 2.42 bits per heavy atom. The zero-order chi connectivity index (χ0) is 21.4. The third-order valence-corrected chi connectivity index (χ3v) is 6.25. The molecular formula is C27H25NO3. The molecule has 1 fully saturated rings. The first kappa shape index (κ1) is 19.7. The number of morpholine rings is 1. The lowest BCUT2D eigenvalue weighted by Crippen LogP contribution is -2.40. The van der Waals surface area contributed by atoms with Crippen molar-refractivity contribution in [1.29, 1.82) is 0 Å². The van der Waals surface area contributed by atoms with Gasteiger partial charge in [-0.1, -0.05) is 42.5 Å². The minimum atomic E-state index is 0.0479. The quantitative estimate of drug-likeness (QED) is 0.464. The molecule has 156 valence electrons. The summed E-state index contributed by atoms with van der Waals surface area (Å²) in [5.74, 6) is 0.135. The van der Waals surface area contributed by atoms with Gasteiger partial charge in [0.1, 0.15) is 0 Å². The van der Waals surface area contributed by atoms with Crippen molar-refractivity contribution in [2.24, 2.45) is 0 Å². The third-order valence-electron chi connectivity index (χ3n) is 6.25. The molecule has 0 atom stereocenters. The van der Waals surface area contributed by atoms with E-state index >= 15 is 0 Å². The first-order valence-electron chi connectivity index (χ1n) is 10.8. The molecule has 0 N–H and O–H groups in total. The molecule has 0 bridgehead atoms. The van der Waals surface area contributed by atoms with Crippen LogP contribution in [0.25, 0.3) is 11.1 Å². The van der Waals surface area contributed by atoms with Crippen molar-refractivity contribution in [2.75, 3.05) is 26.3 Å². The number of ether oxygens (including phenoxy) is 1. The summed E-state index contributed by atoms with van der Waals surface area (Å²) in [6, 6.07) is 20.5. The summed E-state index contributed by atoms with van der Waals surface area (Å²) in [5, 5.41) is 0. The maximum Gasteiger partial charge on any atom is 0.254 e. The number of carbonyl (C=O) groups is 2.